The quantitative estimate of drug-likeness (QED) is 0.808. The van der Waals surface area contributed by atoms with Crippen molar-refractivity contribution in [2.45, 2.75) is 0 Å². The second kappa shape index (κ2) is 5.86. The summed E-state index contributed by atoms with van der Waals surface area (Å²) in [5, 5.41) is 0.496. The first-order chi connectivity index (χ1) is 8.95. The van der Waals surface area contributed by atoms with Crippen molar-refractivity contribution in [3.05, 3.63) is 57.3 Å². The lowest BCUT2D eigenvalue weighted by molar-refractivity contribution is 0.475. The third-order valence-electron chi connectivity index (χ3n) is 2.27. The van der Waals surface area contributed by atoms with Gasteiger partial charge < -0.3 is 10.5 Å². The van der Waals surface area contributed by atoms with Gasteiger partial charge in [0.1, 0.15) is 22.3 Å². The fourth-order valence-electron chi connectivity index (χ4n) is 1.50. The van der Waals surface area contributed by atoms with E-state index in [1.54, 1.807) is 24.3 Å². The second-order valence-electron chi connectivity index (χ2n) is 3.71. The molecule has 0 aliphatic heterocycles. The highest BCUT2D eigenvalue weighted by Gasteiger charge is 2.09. The standard InChI is InChI=1S/C13H8BrClFNOS/c14-7-3-9(16)6-10(4-7)18-12-2-1-8(15)5-11(12)13(17)19/h1-6H,(H2,17,19). The Balaban J connectivity index is 2.40. The topological polar surface area (TPSA) is 35.2 Å². The number of rotatable bonds is 3. The van der Waals surface area contributed by atoms with Crippen LogP contribution in [0, 0.1) is 5.82 Å². The molecule has 0 fully saturated rings. The number of benzene rings is 2. The van der Waals surface area contributed by atoms with Gasteiger partial charge in [-0.1, -0.05) is 39.7 Å². The Labute approximate surface area is 128 Å². The van der Waals surface area contributed by atoms with Crippen LogP contribution in [0.5, 0.6) is 11.5 Å². The summed E-state index contributed by atoms with van der Waals surface area (Å²) >= 11 is 14.0. The third-order valence-corrected chi connectivity index (χ3v) is 3.18. The van der Waals surface area contributed by atoms with Gasteiger partial charge >= 0.3 is 0 Å². The van der Waals surface area contributed by atoms with E-state index in [4.69, 9.17) is 34.3 Å². The van der Waals surface area contributed by atoms with Crippen LogP contribution in [0.4, 0.5) is 4.39 Å². The fraction of sp³-hybridized carbons (Fsp3) is 0. The summed E-state index contributed by atoms with van der Waals surface area (Å²) in [6.07, 6.45) is 0. The predicted octanol–water partition coefficient (Wildman–Crippen LogP) is 4.67. The summed E-state index contributed by atoms with van der Waals surface area (Å²) in [5.74, 6) is 0.358. The van der Waals surface area contributed by atoms with Crippen molar-refractivity contribution >= 4 is 44.7 Å². The van der Waals surface area contributed by atoms with E-state index in [-0.39, 0.29) is 4.99 Å². The zero-order valence-corrected chi connectivity index (χ0v) is 12.7. The van der Waals surface area contributed by atoms with E-state index < -0.39 is 5.82 Å². The highest BCUT2D eigenvalue weighted by atomic mass is 79.9. The normalized spacial score (nSPS) is 10.3. The van der Waals surface area contributed by atoms with E-state index in [2.05, 4.69) is 15.9 Å². The summed E-state index contributed by atoms with van der Waals surface area (Å²) in [7, 11) is 0. The highest BCUT2D eigenvalue weighted by molar-refractivity contribution is 9.10. The minimum atomic E-state index is -0.407. The average molecular weight is 361 g/mol. The molecule has 0 atom stereocenters. The number of halogens is 3. The minimum Gasteiger partial charge on any atom is -0.456 e. The van der Waals surface area contributed by atoms with E-state index >= 15 is 0 Å². The van der Waals surface area contributed by atoms with Gasteiger partial charge in [-0.15, -0.1) is 0 Å². The molecule has 2 aromatic rings. The summed E-state index contributed by atoms with van der Waals surface area (Å²) < 4.78 is 19.4. The molecule has 2 aromatic carbocycles. The molecular formula is C13H8BrClFNOS. The van der Waals surface area contributed by atoms with E-state index in [1.165, 1.54) is 12.1 Å². The first-order valence-electron chi connectivity index (χ1n) is 5.19. The zero-order valence-electron chi connectivity index (χ0n) is 9.49. The molecule has 0 heterocycles. The lowest BCUT2D eigenvalue weighted by Crippen LogP contribution is -2.10. The van der Waals surface area contributed by atoms with Crippen LogP contribution in [0.1, 0.15) is 5.56 Å². The van der Waals surface area contributed by atoms with Gasteiger partial charge in [0.15, 0.2) is 0 Å². The van der Waals surface area contributed by atoms with E-state index in [0.717, 1.165) is 0 Å². The summed E-state index contributed by atoms with van der Waals surface area (Å²) in [6.45, 7) is 0. The number of nitrogens with two attached hydrogens (primary N) is 1. The Kier molecular flexibility index (Phi) is 4.39. The van der Waals surface area contributed by atoms with Crippen LogP contribution in [-0.2, 0) is 0 Å². The maximum atomic E-state index is 13.3. The van der Waals surface area contributed by atoms with Gasteiger partial charge in [0.25, 0.3) is 0 Å². The average Bonchev–Trinajstić information content (AvgIpc) is 2.30. The van der Waals surface area contributed by atoms with Gasteiger partial charge in [0, 0.05) is 15.6 Å². The molecule has 2 N–H and O–H groups in total. The van der Waals surface area contributed by atoms with Gasteiger partial charge in [-0.3, -0.25) is 0 Å². The molecule has 0 radical (unpaired) electrons. The molecule has 19 heavy (non-hydrogen) atoms. The highest BCUT2D eigenvalue weighted by Crippen LogP contribution is 2.30. The van der Waals surface area contributed by atoms with Gasteiger partial charge in [0.2, 0.25) is 0 Å². The summed E-state index contributed by atoms with van der Waals surface area (Å²) in [6, 6.07) is 9.13. The van der Waals surface area contributed by atoms with Crippen molar-refractivity contribution in [3.8, 4) is 11.5 Å². The monoisotopic (exact) mass is 359 g/mol. The molecule has 0 saturated heterocycles. The number of hydrogen-bond acceptors (Lipinski definition) is 2. The Morgan fingerprint density at radius 1 is 1.26 bits per heavy atom. The van der Waals surface area contributed by atoms with Crippen LogP contribution < -0.4 is 10.5 Å². The van der Waals surface area contributed by atoms with Gasteiger partial charge in [0.05, 0.1) is 5.56 Å². The zero-order chi connectivity index (χ0) is 14.0. The molecule has 0 amide bonds. The molecule has 0 aromatic heterocycles. The molecule has 2 rings (SSSR count). The van der Waals surface area contributed by atoms with Crippen molar-refractivity contribution in [2.24, 2.45) is 5.73 Å². The van der Waals surface area contributed by atoms with Crippen molar-refractivity contribution in [1.82, 2.24) is 0 Å². The van der Waals surface area contributed by atoms with E-state index in [9.17, 15) is 4.39 Å². The Hall–Kier alpha value is -1.17. The molecule has 0 aliphatic rings. The molecule has 98 valence electrons. The van der Waals surface area contributed by atoms with E-state index in [1.807, 2.05) is 0 Å². The van der Waals surface area contributed by atoms with Gasteiger partial charge in [-0.05, 0) is 30.3 Å². The van der Waals surface area contributed by atoms with Crippen molar-refractivity contribution in [2.75, 3.05) is 0 Å². The molecular weight excluding hydrogens is 353 g/mol. The van der Waals surface area contributed by atoms with Crippen LogP contribution in [0.25, 0.3) is 0 Å². The molecule has 0 unspecified atom stereocenters. The van der Waals surface area contributed by atoms with Crippen LogP contribution in [-0.4, -0.2) is 4.99 Å². The minimum absolute atomic E-state index is 0.160. The SMILES string of the molecule is NC(=S)c1cc(Cl)ccc1Oc1cc(F)cc(Br)c1. The van der Waals surface area contributed by atoms with Crippen molar-refractivity contribution < 1.29 is 9.13 Å². The van der Waals surface area contributed by atoms with Crippen LogP contribution >= 0.6 is 39.7 Å². The van der Waals surface area contributed by atoms with Crippen LogP contribution in [0.3, 0.4) is 0 Å². The summed E-state index contributed by atoms with van der Waals surface area (Å²) in [4.78, 5) is 0.160. The van der Waals surface area contributed by atoms with Crippen LogP contribution in [0.15, 0.2) is 40.9 Å². The summed E-state index contributed by atoms with van der Waals surface area (Å²) in [5.41, 5.74) is 6.11. The van der Waals surface area contributed by atoms with Crippen molar-refractivity contribution in [3.63, 3.8) is 0 Å². The van der Waals surface area contributed by atoms with Gasteiger partial charge in [-0.25, -0.2) is 4.39 Å². The molecule has 6 heteroatoms. The molecule has 0 aliphatic carbocycles. The Morgan fingerprint density at radius 3 is 2.63 bits per heavy atom. The fourth-order valence-corrected chi connectivity index (χ4v) is 2.27. The Bertz CT molecular complexity index is 630. The Morgan fingerprint density at radius 2 is 2.00 bits per heavy atom. The third kappa shape index (κ3) is 3.65. The van der Waals surface area contributed by atoms with Crippen LogP contribution in [0.2, 0.25) is 5.02 Å². The predicted molar refractivity (Wildman–Crippen MR) is 81.5 cm³/mol. The molecule has 2 nitrogen and oxygen atoms in total. The lowest BCUT2D eigenvalue weighted by atomic mass is 10.2. The molecule has 0 bridgehead atoms. The van der Waals surface area contributed by atoms with E-state index in [0.29, 0.717) is 26.6 Å². The first kappa shape index (κ1) is 14.2. The smallest absolute Gasteiger partial charge is 0.137 e. The van der Waals surface area contributed by atoms with Gasteiger partial charge in [-0.2, -0.15) is 0 Å². The number of ether oxygens (including phenoxy) is 1. The maximum absolute atomic E-state index is 13.3. The molecule has 0 saturated carbocycles. The first-order valence-corrected chi connectivity index (χ1v) is 6.77. The van der Waals surface area contributed by atoms with Crippen molar-refractivity contribution in [1.29, 1.82) is 0 Å². The number of thiocarbonyl (C=S) groups is 1. The maximum Gasteiger partial charge on any atom is 0.137 e. The lowest BCUT2D eigenvalue weighted by Gasteiger charge is -2.11. The second-order valence-corrected chi connectivity index (χ2v) is 5.50. The number of hydrogen-bond donors (Lipinski definition) is 1. The molecule has 0 spiro atoms. The largest absolute Gasteiger partial charge is 0.456 e.